The Morgan fingerprint density at radius 2 is 2.29 bits per heavy atom. The molecule has 1 heterocycles. The highest BCUT2D eigenvalue weighted by Gasteiger charge is 2.27. The maximum atomic E-state index is 14.3. The van der Waals surface area contributed by atoms with Gasteiger partial charge in [0.1, 0.15) is 5.52 Å². The lowest BCUT2D eigenvalue weighted by Gasteiger charge is -2.20. The Morgan fingerprint density at radius 1 is 1.48 bits per heavy atom. The number of nitrogens with two attached hydrogens (primary N) is 1. The molecule has 1 aromatic carbocycles. The summed E-state index contributed by atoms with van der Waals surface area (Å²) in [6, 6.07) is 4.02. The van der Waals surface area contributed by atoms with Crippen molar-refractivity contribution in [1.29, 1.82) is 0 Å². The smallest absolute Gasteiger partial charge is 0.281 e. The van der Waals surface area contributed by atoms with Crippen molar-refractivity contribution >= 4 is 22.3 Å². The monoisotopic (exact) mass is 290 g/mol. The lowest BCUT2D eigenvalue weighted by molar-refractivity contribution is -0.383. The predicted molar refractivity (Wildman–Crippen MR) is 77.6 cm³/mol. The maximum Gasteiger partial charge on any atom is 0.281 e. The Bertz CT molecular complexity index is 707. The zero-order chi connectivity index (χ0) is 15.0. The van der Waals surface area contributed by atoms with Crippen LogP contribution in [-0.2, 0) is 0 Å². The highest BCUT2D eigenvalue weighted by Crippen LogP contribution is 2.34. The first-order chi connectivity index (χ1) is 10.1. The summed E-state index contributed by atoms with van der Waals surface area (Å²) in [4.78, 5) is 14.6. The number of hydrogen-bond donors (Lipinski definition) is 2. The Morgan fingerprint density at radius 3 is 2.95 bits per heavy atom. The van der Waals surface area contributed by atoms with Crippen molar-refractivity contribution in [2.24, 2.45) is 5.73 Å². The molecule has 0 amide bonds. The topological polar surface area (TPSA) is 94.1 Å². The van der Waals surface area contributed by atoms with Crippen LogP contribution in [0.25, 0.3) is 10.9 Å². The van der Waals surface area contributed by atoms with E-state index in [4.69, 9.17) is 5.73 Å². The van der Waals surface area contributed by atoms with E-state index >= 15 is 0 Å². The molecular weight excluding hydrogens is 275 g/mol. The molecule has 21 heavy (non-hydrogen) atoms. The fourth-order valence-corrected chi connectivity index (χ4v) is 2.84. The number of anilines is 1. The van der Waals surface area contributed by atoms with Gasteiger partial charge in [0.15, 0.2) is 5.82 Å². The fraction of sp³-hybridized carbons (Fsp3) is 0.357. The molecule has 110 valence electrons. The molecule has 1 aliphatic rings. The summed E-state index contributed by atoms with van der Waals surface area (Å²) >= 11 is 0. The molecule has 0 saturated heterocycles. The van der Waals surface area contributed by atoms with Gasteiger partial charge in [0.25, 0.3) is 5.69 Å². The molecule has 1 aliphatic carbocycles. The SMILES string of the molecule is NC1CCCC1Nc1c(F)cc([N+](=O)[O-])c2cccnc12. The molecule has 1 fully saturated rings. The Balaban J connectivity index is 2.12. The second-order valence-electron chi connectivity index (χ2n) is 5.25. The lowest BCUT2D eigenvalue weighted by Crippen LogP contribution is -2.35. The third-order valence-corrected chi connectivity index (χ3v) is 3.92. The predicted octanol–water partition coefficient (Wildman–Crippen LogP) is 2.57. The average Bonchev–Trinajstić information content (AvgIpc) is 2.86. The second-order valence-corrected chi connectivity index (χ2v) is 5.25. The van der Waals surface area contributed by atoms with E-state index in [1.54, 1.807) is 12.1 Å². The van der Waals surface area contributed by atoms with Crippen molar-refractivity contribution in [3.05, 3.63) is 40.3 Å². The van der Waals surface area contributed by atoms with Crippen LogP contribution >= 0.6 is 0 Å². The van der Waals surface area contributed by atoms with E-state index in [1.807, 2.05) is 0 Å². The number of aromatic nitrogens is 1. The van der Waals surface area contributed by atoms with Crippen molar-refractivity contribution in [2.45, 2.75) is 31.3 Å². The van der Waals surface area contributed by atoms with Crippen LogP contribution in [-0.4, -0.2) is 22.0 Å². The number of nitro benzene ring substituents is 1. The van der Waals surface area contributed by atoms with Crippen LogP contribution in [0.5, 0.6) is 0 Å². The molecule has 3 rings (SSSR count). The highest BCUT2D eigenvalue weighted by molar-refractivity contribution is 5.97. The van der Waals surface area contributed by atoms with Gasteiger partial charge in [0.2, 0.25) is 0 Å². The number of nitrogens with one attached hydrogen (secondary N) is 1. The highest BCUT2D eigenvalue weighted by atomic mass is 19.1. The molecule has 6 nitrogen and oxygen atoms in total. The number of fused-ring (bicyclic) bond motifs is 1. The van der Waals surface area contributed by atoms with Crippen molar-refractivity contribution in [2.75, 3.05) is 5.32 Å². The molecule has 7 heteroatoms. The molecule has 3 N–H and O–H groups in total. The molecule has 0 radical (unpaired) electrons. The summed E-state index contributed by atoms with van der Waals surface area (Å²) in [6.45, 7) is 0. The molecule has 2 aromatic rings. The Kier molecular flexibility index (Phi) is 3.42. The minimum atomic E-state index is -0.674. The van der Waals surface area contributed by atoms with Gasteiger partial charge in [-0.1, -0.05) is 0 Å². The van der Waals surface area contributed by atoms with Gasteiger partial charge in [-0.25, -0.2) is 4.39 Å². The molecule has 0 spiro atoms. The normalized spacial score (nSPS) is 21.6. The van der Waals surface area contributed by atoms with Gasteiger partial charge in [-0.15, -0.1) is 0 Å². The van der Waals surface area contributed by atoms with Crippen LogP contribution < -0.4 is 11.1 Å². The molecule has 0 bridgehead atoms. The first-order valence-corrected chi connectivity index (χ1v) is 6.81. The summed E-state index contributed by atoms with van der Waals surface area (Å²) in [5.74, 6) is -0.674. The number of nitro groups is 1. The zero-order valence-electron chi connectivity index (χ0n) is 11.3. The summed E-state index contributed by atoms with van der Waals surface area (Å²) in [6.07, 6.45) is 4.22. The molecule has 2 atom stereocenters. The number of nitrogens with zero attached hydrogens (tertiary/aromatic N) is 2. The largest absolute Gasteiger partial charge is 0.377 e. The van der Waals surface area contributed by atoms with Crippen molar-refractivity contribution in [3.63, 3.8) is 0 Å². The number of pyridine rings is 1. The number of rotatable bonds is 3. The third-order valence-electron chi connectivity index (χ3n) is 3.92. The lowest BCUT2D eigenvalue weighted by atomic mass is 10.1. The van der Waals surface area contributed by atoms with Gasteiger partial charge in [0.05, 0.1) is 22.1 Å². The first kappa shape index (κ1) is 13.7. The molecule has 1 aromatic heterocycles. The number of benzene rings is 1. The van der Waals surface area contributed by atoms with Crippen LogP contribution in [0.1, 0.15) is 19.3 Å². The number of hydrogen-bond acceptors (Lipinski definition) is 5. The van der Waals surface area contributed by atoms with Crippen LogP contribution in [0.3, 0.4) is 0 Å². The van der Waals surface area contributed by atoms with Crippen LogP contribution in [0.4, 0.5) is 15.8 Å². The van der Waals surface area contributed by atoms with E-state index < -0.39 is 10.7 Å². The van der Waals surface area contributed by atoms with E-state index in [1.165, 1.54) is 6.20 Å². The molecule has 2 unspecified atom stereocenters. The minimum Gasteiger partial charge on any atom is -0.377 e. The van der Waals surface area contributed by atoms with Gasteiger partial charge in [0, 0.05) is 18.3 Å². The summed E-state index contributed by atoms with van der Waals surface area (Å²) in [5, 5.41) is 14.4. The van der Waals surface area contributed by atoms with Crippen LogP contribution in [0.15, 0.2) is 24.4 Å². The molecule has 1 saturated carbocycles. The van der Waals surface area contributed by atoms with Crippen molar-refractivity contribution < 1.29 is 9.31 Å². The average molecular weight is 290 g/mol. The van der Waals surface area contributed by atoms with Crippen LogP contribution in [0.2, 0.25) is 0 Å². The third kappa shape index (κ3) is 2.40. The van der Waals surface area contributed by atoms with E-state index in [9.17, 15) is 14.5 Å². The van der Waals surface area contributed by atoms with Crippen LogP contribution in [0, 0.1) is 15.9 Å². The van der Waals surface area contributed by atoms with Gasteiger partial charge in [-0.2, -0.15) is 0 Å². The standard InChI is InChI=1S/C14H15FN4O2/c15-9-7-12(19(20)21)8-3-2-6-17-13(8)14(9)18-11-5-1-4-10(11)16/h2-3,6-7,10-11,18H,1,4-5,16H2. The van der Waals surface area contributed by atoms with Crippen molar-refractivity contribution in [1.82, 2.24) is 4.98 Å². The van der Waals surface area contributed by atoms with Gasteiger partial charge >= 0.3 is 0 Å². The summed E-state index contributed by atoms with van der Waals surface area (Å²) < 4.78 is 14.3. The van der Waals surface area contributed by atoms with Gasteiger partial charge in [-0.05, 0) is 31.4 Å². The summed E-state index contributed by atoms with van der Waals surface area (Å²) in [5.41, 5.74) is 6.16. The fourth-order valence-electron chi connectivity index (χ4n) is 2.84. The first-order valence-electron chi connectivity index (χ1n) is 6.81. The van der Waals surface area contributed by atoms with Gasteiger partial charge in [-0.3, -0.25) is 15.1 Å². The van der Waals surface area contributed by atoms with E-state index in [0.29, 0.717) is 5.39 Å². The Labute approximate surface area is 120 Å². The van der Waals surface area contributed by atoms with E-state index in [2.05, 4.69) is 10.3 Å². The second kappa shape index (κ2) is 5.25. The van der Waals surface area contributed by atoms with E-state index in [-0.39, 0.29) is 29.0 Å². The number of halogens is 1. The molecule has 0 aliphatic heterocycles. The van der Waals surface area contributed by atoms with E-state index in [0.717, 1.165) is 25.3 Å². The van der Waals surface area contributed by atoms with Crippen molar-refractivity contribution in [3.8, 4) is 0 Å². The maximum absolute atomic E-state index is 14.3. The Hall–Kier alpha value is -2.28. The molecular formula is C14H15FN4O2. The number of non-ortho nitro benzene ring substituents is 1. The quantitative estimate of drug-likeness (QED) is 0.669. The van der Waals surface area contributed by atoms with Gasteiger partial charge < -0.3 is 11.1 Å². The summed E-state index contributed by atoms with van der Waals surface area (Å²) in [7, 11) is 0. The zero-order valence-corrected chi connectivity index (χ0v) is 11.3. The minimum absolute atomic E-state index is 0.0360.